The van der Waals surface area contributed by atoms with Gasteiger partial charge in [0.2, 0.25) is 0 Å². The topological polar surface area (TPSA) is 101 Å². The minimum Gasteiger partial charge on any atom is -0.467 e. The minimum absolute atomic E-state index is 0.0649. The van der Waals surface area contributed by atoms with Gasteiger partial charge >= 0.3 is 25.2 Å². The van der Waals surface area contributed by atoms with Crippen molar-refractivity contribution in [1.82, 2.24) is 4.90 Å². The van der Waals surface area contributed by atoms with Gasteiger partial charge in [0.1, 0.15) is 17.7 Å². The summed E-state index contributed by atoms with van der Waals surface area (Å²) in [4.78, 5) is 38.5. The van der Waals surface area contributed by atoms with E-state index in [4.69, 9.17) is 23.5 Å². The molecule has 0 radical (unpaired) electrons. The standard InChI is InChI=1S/C22H38BNO8/c1-14(25)29-16-13-24(19(27)30-20(2,3)4)17(18(26)28-9)15(16)11-10-12-23-31-21(5,6)22(7,8)32-23/h15-17H,10-13H2,1-9H3/t15-,16+,17+/m1/s1. The molecule has 0 aliphatic carbocycles. The second kappa shape index (κ2) is 9.59. The number of likely N-dealkylation sites (tertiary alicyclic amines) is 1. The minimum atomic E-state index is -0.905. The van der Waals surface area contributed by atoms with Crippen LogP contribution in [0.5, 0.6) is 0 Å². The van der Waals surface area contributed by atoms with Crippen molar-refractivity contribution in [2.45, 2.75) is 104 Å². The van der Waals surface area contributed by atoms with E-state index in [-0.39, 0.29) is 13.7 Å². The number of nitrogens with zero attached hydrogens (tertiary/aromatic N) is 1. The first-order chi connectivity index (χ1) is 14.6. The van der Waals surface area contributed by atoms with Crippen LogP contribution in [-0.2, 0) is 33.1 Å². The maximum atomic E-state index is 12.8. The molecule has 2 aliphatic rings. The predicted octanol–water partition coefficient (Wildman–Crippen LogP) is 3.20. The zero-order valence-corrected chi connectivity index (χ0v) is 20.9. The zero-order chi connectivity index (χ0) is 24.5. The molecule has 182 valence electrons. The summed E-state index contributed by atoms with van der Waals surface area (Å²) in [5.41, 5.74) is -1.58. The lowest BCUT2D eigenvalue weighted by molar-refractivity contribution is -0.151. The highest BCUT2D eigenvalue weighted by Gasteiger charge is 2.53. The van der Waals surface area contributed by atoms with Crippen LogP contribution in [0.1, 0.15) is 68.2 Å². The predicted molar refractivity (Wildman–Crippen MR) is 118 cm³/mol. The van der Waals surface area contributed by atoms with Gasteiger partial charge in [0, 0.05) is 12.8 Å². The number of methoxy groups -OCH3 is 1. The van der Waals surface area contributed by atoms with Crippen molar-refractivity contribution in [3.05, 3.63) is 0 Å². The monoisotopic (exact) mass is 455 g/mol. The molecule has 10 heteroatoms. The third kappa shape index (κ3) is 6.16. The average Bonchev–Trinajstić information content (AvgIpc) is 3.06. The highest BCUT2D eigenvalue weighted by atomic mass is 16.7. The van der Waals surface area contributed by atoms with E-state index >= 15 is 0 Å². The van der Waals surface area contributed by atoms with E-state index in [0.29, 0.717) is 19.2 Å². The molecule has 0 N–H and O–H groups in total. The van der Waals surface area contributed by atoms with E-state index in [9.17, 15) is 14.4 Å². The first-order valence-electron chi connectivity index (χ1n) is 11.2. The van der Waals surface area contributed by atoms with Crippen LogP contribution in [0.25, 0.3) is 0 Å². The van der Waals surface area contributed by atoms with Gasteiger partial charge in [-0.15, -0.1) is 0 Å². The number of ether oxygens (including phenoxy) is 3. The molecule has 1 amide bonds. The summed E-state index contributed by atoms with van der Waals surface area (Å²) in [6.45, 7) is 14.6. The Bertz CT molecular complexity index is 701. The molecule has 2 rings (SSSR count). The third-order valence-electron chi connectivity index (χ3n) is 6.26. The Hall–Kier alpha value is -1.81. The Labute approximate surface area is 191 Å². The van der Waals surface area contributed by atoms with Crippen LogP contribution in [0, 0.1) is 5.92 Å². The molecule has 0 unspecified atom stereocenters. The van der Waals surface area contributed by atoms with Crippen LogP contribution in [0.15, 0.2) is 0 Å². The number of esters is 2. The molecule has 3 atom stereocenters. The number of hydrogen-bond acceptors (Lipinski definition) is 8. The van der Waals surface area contributed by atoms with E-state index in [0.717, 1.165) is 0 Å². The average molecular weight is 455 g/mol. The lowest BCUT2D eigenvalue weighted by atomic mass is 9.79. The molecule has 0 spiro atoms. The molecule has 2 heterocycles. The largest absolute Gasteiger partial charge is 0.467 e. The summed E-state index contributed by atoms with van der Waals surface area (Å²) in [5, 5.41) is 0. The van der Waals surface area contributed by atoms with Crippen LogP contribution in [0.3, 0.4) is 0 Å². The van der Waals surface area contributed by atoms with Gasteiger partial charge in [-0.1, -0.05) is 6.42 Å². The molecular weight excluding hydrogens is 417 g/mol. The summed E-state index contributed by atoms with van der Waals surface area (Å²) in [5.74, 6) is -1.46. The van der Waals surface area contributed by atoms with Crippen LogP contribution in [0.4, 0.5) is 4.79 Å². The number of carbonyl (C=O) groups is 3. The first-order valence-corrected chi connectivity index (χ1v) is 11.2. The molecule has 9 nitrogen and oxygen atoms in total. The molecule has 32 heavy (non-hydrogen) atoms. The Morgan fingerprint density at radius 3 is 2.12 bits per heavy atom. The highest BCUT2D eigenvalue weighted by molar-refractivity contribution is 6.45. The van der Waals surface area contributed by atoms with E-state index in [1.54, 1.807) is 20.8 Å². The fourth-order valence-corrected chi connectivity index (χ4v) is 4.09. The van der Waals surface area contributed by atoms with E-state index in [1.807, 2.05) is 27.7 Å². The van der Waals surface area contributed by atoms with Gasteiger partial charge in [-0.25, -0.2) is 9.59 Å². The van der Waals surface area contributed by atoms with Gasteiger partial charge in [0.25, 0.3) is 0 Å². The third-order valence-corrected chi connectivity index (χ3v) is 6.26. The fraction of sp³-hybridized carbons (Fsp3) is 0.864. The van der Waals surface area contributed by atoms with Crippen molar-refractivity contribution in [2.24, 2.45) is 5.92 Å². The molecule has 2 saturated heterocycles. The van der Waals surface area contributed by atoms with Gasteiger partial charge in [-0.2, -0.15) is 0 Å². The smallest absolute Gasteiger partial charge is 0.457 e. The maximum Gasteiger partial charge on any atom is 0.457 e. The molecule has 0 saturated carbocycles. The van der Waals surface area contributed by atoms with Crippen molar-refractivity contribution >= 4 is 25.2 Å². The highest BCUT2D eigenvalue weighted by Crippen LogP contribution is 2.39. The lowest BCUT2D eigenvalue weighted by Gasteiger charge is -2.32. The second-order valence-corrected chi connectivity index (χ2v) is 10.5. The Morgan fingerprint density at radius 2 is 1.66 bits per heavy atom. The number of hydrogen-bond donors (Lipinski definition) is 0. The van der Waals surface area contributed by atoms with E-state index in [1.165, 1.54) is 18.9 Å². The number of amides is 1. The molecule has 0 bridgehead atoms. The number of rotatable bonds is 6. The van der Waals surface area contributed by atoms with Gasteiger partial charge in [-0.05, 0) is 61.2 Å². The molecule has 0 aromatic heterocycles. The van der Waals surface area contributed by atoms with Crippen LogP contribution >= 0.6 is 0 Å². The SMILES string of the molecule is COC(=O)[C@@H]1[C@H](CCCB2OC(C)(C)C(C)(C)O2)[C@@H](OC(C)=O)CN1C(=O)OC(C)(C)C. The lowest BCUT2D eigenvalue weighted by Crippen LogP contribution is -2.46. The first kappa shape index (κ1) is 26.4. The Morgan fingerprint density at radius 1 is 1.09 bits per heavy atom. The van der Waals surface area contributed by atoms with Crippen molar-refractivity contribution in [2.75, 3.05) is 13.7 Å². The second-order valence-electron chi connectivity index (χ2n) is 10.5. The zero-order valence-electron chi connectivity index (χ0n) is 20.9. The normalized spacial score (nSPS) is 26.7. The summed E-state index contributed by atoms with van der Waals surface area (Å²) >= 11 is 0. The Kier molecular flexibility index (Phi) is 7.93. The molecule has 0 aromatic rings. The summed E-state index contributed by atoms with van der Waals surface area (Å²) in [6, 6.07) is -0.905. The molecule has 2 fully saturated rings. The van der Waals surface area contributed by atoms with Crippen molar-refractivity contribution < 1.29 is 37.9 Å². The summed E-state index contributed by atoms with van der Waals surface area (Å²) in [6.07, 6.45) is 0.493. The summed E-state index contributed by atoms with van der Waals surface area (Å²) < 4.78 is 28.0. The van der Waals surface area contributed by atoms with Gasteiger partial charge in [0.15, 0.2) is 0 Å². The quantitative estimate of drug-likeness (QED) is 0.342. The van der Waals surface area contributed by atoms with E-state index in [2.05, 4.69) is 0 Å². The van der Waals surface area contributed by atoms with Crippen molar-refractivity contribution in [3.8, 4) is 0 Å². The Balaban J connectivity index is 2.15. The van der Waals surface area contributed by atoms with Gasteiger partial charge in [0.05, 0.1) is 24.9 Å². The summed E-state index contributed by atoms with van der Waals surface area (Å²) in [7, 11) is 0.906. The van der Waals surface area contributed by atoms with Gasteiger partial charge in [-0.3, -0.25) is 9.69 Å². The number of carbonyl (C=O) groups excluding carboxylic acids is 3. The maximum absolute atomic E-state index is 12.8. The van der Waals surface area contributed by atoms with Crippen LogP contribution < -0.4 is 0 Å². The molecule has 0 aromatic carbocycles. The van der Waals surface area contributed by atoms with Gasteiger partial charge < -0.3 is 23.5 Å². The molecule has 2 aliphatic heterocycles. The van der Waals surface area contributed by atoms with Crippen LogP contribution in [0.2, 0.25) is 6.32 Å². The van der Waals surface area contributed by atoms with Crippen LogP contribution in [-0.4, -0.2) is 72.7 Å². The van der Waals surface area contributed by atoms with Crippen molar-refractivity contribution in [1.29, 1.82) is 0 Å². The van der Waals surface area contributed by atoms with E-state index < -0.39 is 52.9 Å². The van der Waals surface area contributed by atoms with Crippen molar-refractivity contribution in [3.63, 3.8) is 0 Å². The molecular formula is C22H38BNO8. The fourth-order valence-electron chi connectivity index (χ4n) is 4.09.